The van der Waals surface area contributed by atoms with E-state index < -0.39 is 27.0 Å². The van der Waals surface area contributed by atoms with Gasteiger partial charge in [-0.1, -0.05) is 25.1 Å². The van der Waals surface area contributed by atoms with Gasteiger partial charge in [0, 0.05) is 25.9 Å². The molecule has 0 atom stereocenters. The number of halogens is 3. The summed E-state index contributed by atoms with van der Waals surface area (Å²) in [4.78, 5) is 12.9. The number of alkyl halides is 3. The number of nitriles is 1. The quantitative estimate of drug-likeness (QED) is 0.391. The first-order chi connectivity index (χ1) is 16.9. The molecule has 1 aromatic carbocycles. The molecule has 0 aliphatic heterocycles. The van der Waals surface area contributed by atoms with Crippen LogP contribution in [-0.4, -0.2) is 38.3 Å². The van der Waals surface area contributed by atoms with Crippen LogP contribution in [0.15, 0.2) is 41.6 Å². The third-order valence-corrected chi connectivity index (χ3v) is 8.42. The minimum absolute atomic E-state index is 0.0234. The molecular formula is C24H21F3N6O2S. The number of aryl methyl sites for hydroxylation is 1. The van der Waals surface area contributed by atoms with Crippen LogP contribution in [0.4, 0.5) is 13.2 Å². The lowest BCUT2D eigenvalue weighted by molar-refractivity contribution is -0.137. The van der Waals surface area contributed by atoms with Crippen molar-refractivity contribution in [3.63, 3.8) is 0 Å². The number of benzene rings is 1. The zero-order chi connectivity index (χ0) is 26.0. The molecule has 1 aliphatic rings. The predicted octanol–water partition coefficient (Wildman–Crippen LogP) is 4.40. The van der Waals surface area contributed by atoms with Gasteiger partial charge in [0.15, 0.2) is 26.3 Å². The van der Waals surface area contributed by atoms with Crippen LogP contribution in [0.2, 0.25) is 0 Å². The zero-order valence-corrected chi connectivity index (χ0v) is 20.4. The molecule has 0 spiro atoms. The summed E-state index contributed by atoms with van der Waals surface area (Å²) < 4.78 is 68.8. The molecule has 1 fully saturated rings. The van der Waals surface area contributed by atoms with Gasteiger partial charge >= 0.3 is 6.18 Å². The van der Waals surface area contributed by atoms with Crippen LogP contribution >= 0.6 is 0 Å². The van der Waals surface area contributed by atoms with Gasteiger partial charge in [-0.15, -0.1) is 0 Å². The first-order valence-electron chi connectivity index (χ1n) is 11.1. The van der Waals surface area contributed by atoms with E-state index in [1.54, 1.807) is 26.2 Å². The summed E-state index contributed by atoms with van der Waals surface area (Å²) in [5, 5.41) is 9.50. The molecule has 8 nitrogen and oxygen atoms in total. The maximum absolute atomic E-state index is 13.2. The molecule has 186 valence electrons. The second-order valence-corrected chi connectivity index (χ2v) is 11.1. The first-order valence-corrected chi connectivity index (χ1v) is 12.8. The molecule has 3 aromatic heterocycles. The van der Waals surface area contributed by atoms with Crippen molar-refractivity contribution in [2.24, 2.45) is 14.1 Å². The highest BCUT2D eigenvalue weighted by Gasteiger charge is 2.45. The molecule has 0 saturated heterocycles. The lowest BCUT2D eigenvalue weighted by Crippen LogP contribution is -2.11. The second kappa shape index (κ2) is 7.89. The normalized spacial score (nSPS) is 15.2. The van der Waals surface area contributed by atoms with E-state index in [4.69, 9.17) is 0 Å². The van der Waals surface area contributed by atoms with Gasteiger partial charge in [0.1, 0.15) is 17.0 Å². The lowest BCUT2D eigenvalue weighted by Gasteiger charge is -2.10. The fourth-order valence-electron chi connectivity index (χ4n) is 4.37. The monoisotopic (exact) mass is 514 g/mol. The van der Waals surface area contributed by atoms with Crippen molar-refractivity contribution in [3.8, 4) is 29.0 Å². The smallest absolute Gasteiger partial charge is 0.318 e. The molecule has 0 bridgehead atoms. The van der Waals surface area contributed by atoms with Crippen molar-refractivity contribution in [1.29, 1.82) is 5.26 Å². The summed E-state index contributed by atoms with van der Waals surface area (Å²) in [6, 6.07) is 10.5. The highest BCUT2D eigenvalue weighted by atomic mass is 32.2. The van der Waals surface area contributed by atoms with Crippen LogP contribution in [0.5, 0.6) is 0 Å². The Hall–Kier alpha value is -3.72. The average molecular weight is 515 g/mol. The number of sulfone groups is 1. The number of nitrogens with zero attached hydrogens (tertiary/aromatic N) is 6. The summed E-state index contributed by atoms with van der Waals surface area (Å²) in [5.41, 5.74) is 0.117. The second-order valence-electron chi connectivity index (χ2n) is 8.89. The number of hydrogen-bond donors (Lipinski definition) is 0. The highest BCUT2D eigenvalue weighted by molar-refractivity contribution is 7.91. The Balaban J connectivity index is 1.74. The van der Waals surface area contributed by atoms with Crippen molar-refractivity contribution in [1.82, 2.24) is 24.1 Å². The minimum atomic E-state index is -4.60. The largest absolute Gasteiger partial charge is 0.417 e. The first kappa shape index (κ1) is 24.0. The zero-order valence-electron chi connectivity index (χ0n) is 19.6. The Kier molecular flexibility index (Phi) is 5.26. The number of hydrogen-bond acceptors (Lipinski definition) is 6. The van der Waals surface area contributed by atoms with Gasteiger partial charge < -0.3 is 9.13 Å². The Labute approximate surface area is 205 Å². The number of fused-ring (bicyclic) bond motifs is 1. The number of rotatable bonds is 5. The molecule has 0 amide bonds. The highest BCUT2D eigenvalue weighted by Crippen LogP contribution is 2.48. The topological polar surface area (TPSA) is 106 Å². The summed E-state index contributed by atoms with van der Waals surface area (Å²) in [7, 11) is -0.699. The summed E-state index contributed by atoms with van der Waals surface area (Å²) in [6.07, 6.45) is -2.38. The number of imidazole rings is 2. The average Bonchev–Trinajstić information content (AvgIpc) is 3.48. The number of aromatic nitrogens is 5. The van der Waals surface area contributed by atoms with Gasteiger partial charge in [-0.05, 0) is 30.5 Å². The Bertz CT molecular complexity index is 1670. The van der Waals surface area contributed by atoms with Crippen LogP contribution in [-0.2, 0) is 35.5 Å². The summed E-state index contributed by atoms with van der Waals surface area (Å²) in [6.45, 7) is 1.50. The van der Waals surface area contributed by atoms with E-state index >= 15 is 0 Å². The molecule has 0 radical (unpaired) electrons. The third kappa shape index (κ3) is 3.65. The maximum atomic E-state index is 13.2. The van der Waals surface area contributed by atoms with Gasteiger partial charge in [0.05, 0.1) is 22.8 Å². The predicted molar refractivity (Wildman–Crippen MR) is 125 cm³/mol. The SMILES string of the molecule is CCS(=O)(=O)c1c(-c2nc3cc(C(F)(F)F)cnc3n2C)nc(-c2cccc(C3(C#N)CC3)c2)n1C. The van der Waals surface area contributed by atoms with Gasteiger partial charge in [-0.3, -0.25) is 0 Å². The van der Waals surface area contributed by atoms with Crippen molar-refractivity contribution >= 4 is 21.0 Å². The van der Waals surface area contributed by atoms with Crippen LogP contribution in [0.3, 0.4) is 0 Å². The lowest BCUT2D eigenvalue weighted by atomic mass is 9.96. The fourth-order valence-corrected chi connectivity index (χ4v) is 5.58. The molecule has 36 heavy (non-hydrogen) atoms. The molecular weight excluding hydrogens is 493 g/mol. The summed E-state index contributed by atoms with van der Waals surface area (Å²) in [5.74, 6) is 0.206. The Morgan fingerprint density at radius 1 is 1.11 bits per heavy atom. The molecule has 1 aliphatic carbocycles. The van der Waals surface area contributed by atoms with Gasteiger partial charge in [-0.25, -0.2) is 23.4 Å². The van der Waals surface area contributed by atoms with Gasteiger partial charge in [0.2, 0.25) is 0 Å². The van der Waals surface area contributed by atoms with Gasteiger partial charge in [-0.2, -0.15) is 18.4 Å². The van der Waals surface area contributed by atoms with E-state index in [0.29, 0.717) is 11.4 Å². The van der Waals surface area contributed by atoms with Crippen molar-refractivity contribution in [2.75, 3.05) is 5.75 Å². The van der Waals surface area contributed by atoms with Crippen LogP contribution in [0.25, 0.3) is 34.1 Å². The molecule has 1 saturated carbocycles. The summed E-state index contributed by atoms with van der Waals surface area (Å²) >= 11 is 0. The van der Waals surface area contributed by atoms with Crippen molar-refractivity contribution in [2.45, 2.75) is 36.4 Å². The van der Waals surface area contributed by atoms with E-state index in [1.807, 2.05) is 12.1 Å². The van der Waals surface area contributed by atoms with E-state index in [2.05, 4.69) is 21.0 Å². The molecule has 5 rings (SSSR count). The third-order valence-electron chi connectivity index (χ3n) is 6.60. The standard InChI is InChI=1S/C24H21F3N6O2S/c1-4-36(34,35)22-18(21-30-17-11-16(24(25,26)27)12-29-20(17)32(21)2)31-19(33(22)3)14-6-5-7-15(10-14)23(13-28)8-9-23/h5-7,10-12H,4,8-9H2,1-3H3. The van der Waals surface area contributed by atoms with Crippen LogP contribution in [0.1, 0.15) is 30.9 Å². The fraction of sp³-hybridized carbons (Fsp3) is 0.333. The molecule has 12 heteroatoms. The van der Waals surface area contributed by atoms with Crippen LogP contribution < -0.4 is 0 Å². The van der Waals surface area contributed by atoms with E-state index in [1.165, 1.54) is 16.1 Å². The maximum Gasteiger partial charge on any atom is 0.417 e. The van der Waals surface area contributed by atoms with E-state index in [0.717, 1.165) is 30.7 Å². The molecule has 0 N–H and O–H groups in total. The van der Waals surface area contributed by atoms with Crippen molar-refractivity contribution in [3.05, 3.63) is 47.7 Å². The van der Waals surface area contributed by atoms with E-state index in [9.17, 15) is 26.9 Å². The minimum Gasteiger partial charge on any atom is -0.318 e. The van der Waals surface area contributed by atoms with Gasteiger partial charge in [0.25, 0.3) is 0 Å². The molecule has 4 aromatic rings. The Morgan fingerprint density at radius 3 is 2.44 bits per heavy atom. The van der Waals surface area contributed by atoms with Crippen LogP contribution in [0, 0.1) is 11.3 Å². The molecule has 3 heterocycles. The van der Waals surface area contributed by atoms with E-state index in [-0.39, 0.29) is 33.5 Å². The van der Waals surface area contributed by atoms with Crippen molar-refractivity contribution < 1.29 is 21.6 Å². The number of pyridine rings is 1. The molecule has 0 unspecified atom stereocenters. The Morgan fingerprint density at radius 2 is 1.83 bits per heavy atom.